The molecule has 0 aliphatic carbocycles. The Bertz CT molecular complexity index is 531. The van der Waals surface area contributed by atoms with Crippen LogP contribution in [0.5, 0.6) is 0 Å². The maximum atomic E-state index is 6.23. The van der Waals surface area contributed by atoms with Gasteiger partial charge in [-0.05, 0) is 38.4 Å². The first kappa shape index (κ1) is 15.7. The summed E-state index contributed by atoms with van der Waals surface area (Å²) in [6, 6.07) is 19.7. The Kier molecular flexibility index (Phi) is 5.54. The van der Waals surface area contributed by atoms with Crippen molar-refractivity contribution in [2.45, 2.75) is 32.4 Å². The van der Waals surface area contributed by atoms with Crippen LogP contribution in [-0.4, -0.2) is 24.5 Å². The molecule has 0 fully saturated rings. The van der Waals surface area contributed by atoms with Crippen LogP contribution >= 0.6 is 0 Å². The van der Waals surface area contributed by atoms with Crippen LogP contribution in [0.15, 0.2) is 54.6 Å². The van der Waals surface area contributed by atoms with Crippen molar-refractivity contribution in [3.63, 3.8) is 0 Å². The van der Waals surface area contributed by atoms with Gasteiger partial charge in [0.1, 0.15) is 0 Å². The summed E-state index contributed by atoms with van der Waals surface area (Å²) < 4.78 is 0. The molecule has 0 heterocycles. The van der Waals surface area contributed by atoms with E-state index in [9.17, 15) is 0 Å². The second-order valence-corrected chi connectivity index (χ2v) is 5.93. The van der Waals surface area contributed by atoms with Crippen molar-refractivity contribution < 1.29 is 0 Å². The SMILES string of the molecule is Cc1ccc(C(C(C)N)N(C)CCc2ccccc2)cc1. The third-order valence-corrected chi connectivity index (χ3v) is 3.99. The van der Waals surface area contributed by atoms with Crippen LogP contribution in [0.1, 0.15) is 29.7 Å². The predicted octanol–water partition coefficient (Wildman–Crippen LogP) is 3.56. The summed E-state index contributed by atoms with van der Waals surface area (Å²) in [6.45, 7) is 5.21. The van der Waals surface area contributed by atoms with Crippen LogP contribution in [0, 0.1) is 6.92 Å². The van der Waals surface area contributed by atoms with Gasteiger partial charge in [0.2, 0.25) is 0 Å². The van der Waals surface area contributed by atoms with Gasteiger partial charge in [-0.3, -0.25) is 4.90 Å². The fourth-order valence-corrected chi connectivity index (χ4v) is 2.81. The molecule has 2 rings (SSSR count). The summed E-state index contributed by atoms with van der Waals surface area (Å²) in [4.78, 5) is 2.36. The van der Waals surface area contributed by atoms with E-state index in [4.69, 9.17) is 5.73 Å². The minimum absolute atomic E-state index is 0.105. The van der Waals surface area contributed by atoms with E-state index in [1.807, 2.05) is 0 Å². The highest BCUT2D eigenvalue weighted by Gasteiger charge is 2.20. The average molecular weight is 282 g/mol. The van der Waals surface area contributed by atoms with Crippen molar-refractivity contribution in [3.8, 4) is 0 Å². The molecule has 0 saturated carbocycles. The van der Waals surface area contributed by atoms with Crippen LogP contribution in [-0.2, 0) is 6.42 Å². The van der Waals surface area contributed by atoms with Gasteiger partial charge in [0, 0.05) is 18.6 Å². The molecule has 2 N–H and O–H groups in total. The number of likely N-dealkylation sites (N-methyl/N-ethyl adjacent to an activating group) is 1. The molecule has 0 radical (unpaired) electrons. The molecule has 0 saturated heterocycles. The molecular weight excluding hydrogens is 256 g/mol. The van der Waals surface area contributed by atoms with Gasteiger partial charge in [-0.15, -0.1) is 0 Å². The maximum Gasteiger partial charge on any atom is 0.0493 e. The monoisotopic (exact) mass is 282 g/mol. The summed E-state index contributed by atoms with van der Waals surface area (Å²) >= 11 is 0. The molecule has 2 unspecified atom stereocenters. The zero-order valence-electron chi connectivity index (χ0n) is 13.3. The molecule has 0 bridgehead atoms. The highest BCUT2D eigenvalue weighted by Crippen LogP contribution is 2.23. The van der Waals surface area contributed by atoms with Gasteiger partial charge in [-0.1, -0.05) is 60.2 Å². The average Bonchev–Trinajstić information content (AvgIpc) is 2.48. The molecule has 0 spiro atoms. The van der Waals surface area contributed by atoms with Gasteiger partial charge in [-0.25, -0.2) is 0 Å². The third-order valence-electron chi connectivity index (χ3n) is 3.99. The van der Waals surface area contributed by atoms with Crippen LogP contribution < -0.4 is 5.73 Å². The Morgan fingerprint density at radius 3 is 2.19 bits per heavy atom. The number of hydrogen-bond donors (Lipinski definition) is 1. The van der Waals surface area contributed by atoms with E-state index in [1.54, 1.807) is 0 Å². The summed E-state index contributed by atoms with van der Waals surface area (Å²) in [5, 5.41) is 0. The van der Waals surface area contributed by atoms with Crippen molar-refractivity contribution in [2.75, 3.05) is 13.6 Å². The quantitative estimate of drug-likeness (QED) is 0.878. The standard InChI is InChI=1S/C19H26N2/c1-15-9-11-18(12-10-15)19(16(2)20)21(3)14-13-17-7-5-4-6-8-17/h4-12,16,19H,13-14,20H2,1-3H3. The zero-order valence-corrected chi connectivity index (χ0v) is 13.3. The van der Waals surface area contributed by atoms with Crippen molar-refractivity contribution in [1.29, 1.82) is 0 Å². The Morgan fingerprint density at radius 1 is 1.00 bits per heavy atom. The van der Waals surface area contributed by atoms with E-state index in [0.29, 0.717) is 0 Å². The first-order valence-corrected chi connectivity index (χ1v) is 7.64. The van der Waals surface area contributed by atoms with Gasteiger partial charge in [0.05, 0.1) is 0 Å². The normalized spacial score (nSPS) is 14.1. The Labute approximate surface area is 128 Å². The number of nitrogens with two attached hydrogens (primary N) is 1. The summed E-state index contributed by atoms with van der Waals surface area (Å²) in [5.41, 5.74) is 10.2. The fourth-order valence-electron chi connectivity index (χ4n) is 2.81. The highest BCUT2D eigenvalue weighted by atomic mass is 15.1. The Balaban J connectivity index is 2.05. The molecule has 0 amide bonds. The summed E-state index contributed by atoms with van der Waals surface area (Å²) in [6.07, 6.45) is 1.05. The largest absolute Gasteiger partial charge is 0.326 e. The molecule has 0 aliphatic heterocycles. The van der Waals surface area contributed by atoms with Crippen molar-refractivity contribution in [1.82, 2.24) is 4.90 Å². The number of nitrogens with zero attached hydrogens (tertiary/aromatic N) is 1. The van der Waals surface area contributed by atoms with E-state index < -0.39 is 0 Å². The van der Waals surface area contributed by atoms with Crippen LogP contribution in [0.4, 0.5) is 0 Å². The number of rotatable bonds is 6. The number of hydrogen-bond acceptors (Lipinski definition) is 2. The van der Waals surface area contributed by atoms with E-state index in [1.165, 1.54) is 16.7 Å². The van der Waals surface area contributed by atoms with Crippen molar-refractivity contribution in [2.24, 2.45) is 5.73 Å². The third kappa shape index (κ3) is 4.42. The fraction of sp³-hybridized carbons (Fsp3) is 0.368. The lowest BCUT2D eigenvalue weighted by molar-refractivity contribution is 0.221. The number of benzene rings is 2. The first-order valence-electron chi connectivity index (χ1n) is 7.64. The van der Waals surface area contributed by atoms with Gasteiger partial charge >= 0.3 is 0 Å². The summed E-state index contributed by atoms with van der Waals surface area (Å²) in [5.74, 6) is 0. The molecule has 2 nitrogen and oxygen atoms in total. The molecule has 2 heteroatoms. The summed E-state index contributed by atoms with van der Waals surface area (Å²) in [7, 11) is 2.16. The van der Waals surface area contributed by atoms with E-state index >= 15 is 0 Å². The van der Waals surface area contributed by atoms with Gasteiger partial charge in [0.25, 0.3) is 0 Å². The number of aryl methyl sites for hydroxylation is 1. The highest BCUT2D eigenvalue weighted by molar-refractivity contribution is 5.25. The topological polar surface area (TPSA) is 29.3 Å². The van der Waals surface area contributed by atoms with Crippen LogP contribution in [0.3, 0.4) is 0 Å². The minimum Gasteiger partial charge on any atom is -0.326 e. The second-order valence-electron chi connectivity index (χ2n) is 5.93. The van der Waals surface area contributed by atoms with Gasteiger partial charge in [0.15, 0.2) is 0 Å². The van der Waals surface area contributed by atoms with E-state index in [2.05, 4.69) is 80.4 Å². The molecule has 0 aromatic heterocycles. The Morgan fingerprint density at radius 2 is 1.62 bits per heavy atom. The molecule has 0 aliphatic rings. The Hall–Kier alpha value is -1.64. The van der Waals surface area contributed by atoms with Crippen LogP contribution in [0.2, 0.25) is 0 Å². The molecule has 2 aromatic carbocycles. The lowest BCUT2D eigenvalue weighted by Crippen LogP contribution is -2.38. The maximum absolute atomic E-state index is 6.23. The second kappa shape index (κ2) is 7.39. The van der Waals surface area contributed by atoms with Crippen LogP contribution in [0.25, 0.3) is 0 Å². The molecule has 21 heavy (non-hydrogen) atoms. The minimum atomic E-state index is 0.105. The molecule has 2 aromatic rings. The van der Waals surface area contributed by atoms with Crippen molar-refractivity contribution >= 4 is 0 Å². The molecule has 112 valence electrons. The van der Waals surface area contributed by atoms with E-state index in [-0.39, 0.29) is 12.1 Å². The first-order chi connectivity index (χ1) is 10.1. The zero-order chi connectivity index (χ0) is 15.2. The molecular formula is C19H26N2. The van der Waals surface area contributed by atoms with Gasteiger partial charge < -0.3 is 5.73 Å². The van der Waals surface area contributed by atoms with Crippen molar-refractivity contribution in [3.05, 3.63) is 71.3 Å². The van der Waals surface area contributed by atoms with Gasteiger partial charge in [-0.2, -0.15) is 0 Å². The smallest absolute Gasteiger partial charge is 0.0493 e. The molecule has 2 atom stereocenters. The predicted molar refractivity (Wildman–Crippen MR) is 90.3 cm³/mol. The lowest BCUT2D eigenvalue weighted by atomic mass is 9.98. The lowest BCUT2D eigenvalue weighted by Gasteiger charge is -2.31. The van der Waals surface area contributed by atoms with E-state index in [0.717, 1.165) is 13.0 Å².